The molecule has 0 atom stereocenters. The highest BCUT2D eigenvalue weighted by Crippen LogP contribution is 2.17. The predicted molar refractivity (Wildman–Crippen MR) is 74.0 cm³/mol. The summed E-state index contributed by atoms with van der Waals surface area (Å²) in [5.74, 6) is -0.289. The molecule has 0 fully saturated rings. The van der Waals surface area contributed by atoms with Crippen LogP contribution in [-0.4, -0.2) is 21.1 Å². The summed E-state index contributed by atoms with van der Waals surface area (Å²) in [6.07, 6.45) is 0. The van der Waals surface area contributed by atoms with Gasteiger partial charge in [0.25, 0.3) is 11.5 Å². The highest BCUT2D eigenvalue weighted by atomic mass is 16.2. The highest BCUT2D eigenvalue weighted by Gasteiger charge is 2.13. The fourth-order valence-corrected chi connectivity index (χ4v) is 1.64. The van der Waals surface area contributed by atoms with Gasteiger partial charge in [0.05, 0.1) is 0 Å². The minimum atomic E-state index is -0.829. The molecule has 7 heteroatoms. The molecule has 2 rings (SSSR count). The molecule has 7 nitrogen and oxygen atoms in total. The number of hydrogen-bond acceptors (Lipinski definition) is 4. The lowest BCUT2D eigenvalue weighted by Crippen LogP contribution is -2.32. The molecule has 0 aliphatic heterocycles. The number of carbonyl (C=O) groups is 1. The van der Waals surface area contributed by atoms with E-state index in [0.717, 1.165) is 5.56 Å². The first-order valence-corrected chi connectivity index (χ1v) is 6.07. The van der Waals surface area contributed by atoms with Crippen molar-refractivity contribution in [2.45, 2.75) is 19.8 Å². The van der Waals surface area contributed by atoms with Crippen molar-refractivity contribution in [2.24, 2.45) is 0 Å². The molecule has 0 saturated carbocycles. The van der Waals surface area contributed by atoms with Gasteiger partial charge in [-0.25, -0.2) is 9.89 Å². The quantitative estimate of drug-likeness (QED) is 0.770. The molecule has 1 aromatic heterocycles. The van der Waals surface area contributed by atoms with Crippen LogP contribution in [-0.2, 0) is 0 Å². The summed E-state index contributed by atoms with van der Waals surface area (Å²) in [7, 11) is 0. The summed E-state index contributed by atoms with van der Waals surface area (Å²) in [5, 5.41) is 7.98. The van der Waals surface area contributed by atoms with Crippen molar-refractivity contribution in [3.8, 4) is 0 Å². The molecule has 0 saturated heterocycles. The lowest BCUT2D eigenvalue weighted by atomic mass is 10.0. The minimum Gasteiger partial charge on any atom is -0.320 e. The SMILES string of the molecule is CC(C)c1ccc(NC(=O)c2n[nH]c(=O)[nH]c2=O)cc1. The molecule has 0 unspecified atom stereocenters. The summed E-state index contributed by atoms with van der Waals surface area (Å²) in [6, 6.07) is 7.27. The van der Waals surface area contributed by atoms with Crippen molar-refractivity contribution in [3.63, 3.8) is 0 Å². The van der Waals surface area contributed by atoms with Crippen LogP contribution in [0.1, 0.15) is 35.8 Å². The van der Waals surface area contributed by atoms with E-state index in [0.29, 0.717) is 11.6 Å². The average molecular weight is 274 g/mol. The second-order valence-corrected chi connectivity index (χ2v) is 4.59. The molecule has 0 bridgehead atoms. The molecule has 20 heavy (non-hydrogen) atoms. The summed E-state index contributed by atoms with van der Waals surface area (Å²) in [6.45, 7) is 4.13. The fourth-order valence-electron chi connectivity index (χ4n) is 1.64. The first-order valence-electron chi connectivity index (χ1n) is 6.07. The number of aromatic nitrogens is 3. The Bertz CT molecular complexity index is 728. The summed E-state index contributed by atoms with van der Waals surface area (Å²) in [5.41, 5.74) is -0.287. The van der Waals surface area contributed by atoms with Gasteiger partial charge in [0.2, 0.25) is 5.69 Å². The van der Waals surface area contributed by atoms with Gasteiger partial charge in [0.1, 0.15) is 0 Å². The number of carbonyl (C=O) groups excluding carboxylic acids is 1. The van der Waals surface area contributed by atoms with Crippen LogP contribution in [0.25, 0.3) is 0 Å². The molecule has 3 N–H and O–H groups in total. The number of rotatable bonds is 3. The monoisotopic (exact) mass is 274 g/mol. The van der Waals surface area contributed by atoms with Crippen molar-refractivity contribution in [3.05, 3.63) is 56.4 Å². The van der Waals surface area contributed by atoms with Crippen molar-refractivity contribution < 1.29 is 4.79 Å². The first kappa shape index (κ1) is 13.7. The van der Waals surface area contributed by atoms with E-state index in [1.807, 2.05) is 22.2 Å². The van der Waals surface area contributed by atoms with E-state index in [4.69, 9.17) is 0 Å². The summed E-state index contributed by atoms with van der Waals surface area (Å²) < 4.78 is 0. The molecule has 0 aliphatic rings. The zero-order chi connectivity index (χ0) is 14.7. The standard InChI is InChI=1S/C13H14N4O3/c1-7(2)8-3-5-9(6-4-8)14-11(18)10-12(19)15-13(20)17-16-10/h3-7H,1-2H3,(H,14,18)(H2,15,17,19,20). The topological polar surface area (TPSA) is 108 Å². The number of nitrogens with one attached hydrogen (secondary N) is 3. The van der Waals surface area contributed by atoms with Crippen LogP contribution in [0.4, 0.5) is 5.69 Å². The number of anilines is 1. The Labute approximate surface area is 114 Å². The van der Waals surface area contributed by atoms with Gasteiger partial charge >= 0.3 is 5.69 Å². The highest BCUT2D eigenvalue weighted by molar-refractivity contribution is 6.02. The van der Waals surface area contributed by atoms with Gasteiger partial charge in [-0.3, -0.25) is 14.6 Å². The van der Waals surface area contributed by atoms with Gasteiger partial charge in [-0.1, -0.05) is 26.0 Å². The fraction of sp³-hybridized carbons (Fsp3) is 0.231. The molecule has 0 radical (unpaired) electrons. The molecule has 1 amide bonds. The Kier molecular flexibility index (Phi) is 3.79. The zero-order valence-corrected chi connectivity index (χ0v) is 11.1. The van der Waals surface area contributed by atoms with Crippen molar-refractivity contribution >= 4 is 11.6 Å². The third kappa shape index (κ3) is 3.00. The van der Waals surface area contributed by atoms with E-state index in [-0.39, 0.29) is 0 Å². The van der Waals surface area contributed by atoms with Crippen LogP contribution in [0.2, 0.25) is 0 Å². The maximum absolute atomic E-state index is 11.8. The molecule has 104 valence electrons. The van der Waals surface area contributed by atoms with Crippen molar-refractivity contribution in [2.75, 3.05) is 5.32 Å². The molecular formula is C13H14N4O3. The van der Waals surface area contributed by atoms with Crippen LogP contribution < -0.4 is 16.6 Å². The van der Waals surface area contributed by atoms with Gasteiger partial charge in [-0.05, 0) is 23.6 Å². The normalized spacial score (nSPS) is 10.6. The van der Waals surface area contributed by atoms with Crippen molar-refractivity contribution in [1.29, 1.82) is 0 Å². The van der Waals surface area contributed by atoms with Crippen LogP contribution in [0.15, 0.2) is 33.9 Å². The van der Waals surface area contributed by atoms with E-state index >= 15 is 0 Å². The molecular weight excluding hydrogens is 260 g/mol. The number of H-pyrrole nitrogens is 2. The largest absolute Gasteiger partial charge is 0.342 e. The zero-order valence-electron chi connectivity index (χ0n) is 11.1. The van der Waals surface area contributed by atoms with E-state index in [9.17, 15) is 14.4 Å². The van der Waals surface area contributed by atoms with E-state index in [2.05, 4.69) is 24.3 Å². The average Bonchev–Trinajstić information content (AvgIpc) is 2.39. The number of benzene rings is 1. The number of nitrogens with zero attached hydrogens (tertiary/aromatic N) is 1. The second-order valence-electron chi connectivity index (χ2n) is 4.59. The van der Waals surface area contributed by atoms with E-state index in [1.165, 1.54) is 0 Å². The Balaban J connectivity index is 2.19. The Morgan fingerprint density at radius 3 is 2.40 bits per heavy atom. The number of aromatic amines is 2. The van der Waals surface area contributed by atoms with Crippen LogP contribution in [0, 0.1) is 0 Å². The summed E-state index contributed by atoms with van der Waals surface area (Å²) in [4.78, 5) is 36.0. The maximum Gasteiger partial charge on any atom is 0.342 e. The molecule has 0 aliphatic carbocycles. The molecule has 0 spiro atoms. The lowest BCUT2D eigenvalue weighted by Gasteiger charge is -2.07. The Morgan fingerprint density at radius 2 is 1.85 bits per heavy atom. The maximum atomic E-state index is 11.8. The van der Waals surface area contributed by atoms with Crippen LogP contribution >= 0.6 is 0 Å². The molecule has 1 heterocycles. The van der Waals surface area contributed by atoms with Crippen LogP contribution in [0.3, 0.4) is 0 Å². The Morgan fingerprint density at radius 1 is 1.20 bits per heavy atom. The smallest absolute Gasteiger partial charge is 0.320 e. The van der Waals surface area contributed by atoms with Gasteiger partial charge in [0, 0.05) is 5.69 Å². The minimum absolute atomic E-state index is 0.391. The Hall–Kier alpha value is -2.70. The molecule has 2 aromatic rings. The van der Waals surface area contributed by atoms with Crippen LogP contribution in [0.5, 0.6) is 0 Å². The number of hydrogen-bond donors (Lipinski definition) is 3. The third-order valence-corrected chi connectivity index (χ3v) is 2.76. The van der Waals surface area contributed by atoms with Gasteiger partial charge in [0.15, 0.2) is 0 Å². The van der Waals surface area contributed by atoms with E-state index < -0.39 is 22.9 Å². The summed E-state index contributed by atoms with van der Waals surface area (Å²) >= 11 is 0. The van der Waals surface area contributed by atoms with Crippen molar-refractivity contribution in [1.82, 2.24) is 15.2 Å². The van der Waals surface area contributed by atoms with E-state index in [1.54, 1.807) is 12.1 Å². The molecule has 1 aromatic carbocycles. The second kappa shape index (κ2) is 5.52. The van der Waals surface area contributed by atoms with Gasteiger partial charge < -0.3 is 5.32 Å². The first-order chi connectivity index (χ1) is 9.47. The number of amides is 1. The lowest BCUT2D eigenvalue weighted by molar-refractivity contribution is 0.101. The van der Waals surface area contributed by atoms with Gasteiger partial charge in [-0.2, -0.15) is 5.10 Å². The van der Waals surface area contributed by atoms with Gasteiger partial charge in [-0.15, -0.1) is 0 Å². The predicted octanol–water partition coefficient (Wildman–Crippen LogP) is 0.834. The third-order valence-electron chi connectivity index (χ3n) is 2.76.